The highest BCUT2D eigenvalue weighted by Crippen LogP contribution is 2.27. The Morgan fingerprint density at radius 3 is 2.89 bits per heavy atom. The van der Waals surface area contributed by atoms with Gasteiger partial charge in [-0.05, 0) is 51.9 Å². The summed E-state index contributed by atoms with van der Waals surface area (Å²) in [7, 11) is 4.02. The third-order valence-electron chi connectivity index (χ3n) is 5.18. The Hall–Kier alpha value is -2.18. The minimum absolute atomic E-state index is 0.152. The number of rotatable bonds is 8. The topological polar surface area (TPSA) is 70.4 Å². The standard InChI is InChI=1S/C21H30N4O2/c1-25(2)11-10-23-21(26)13-17-8-9-22-15-18(17)12-19-14-20(27-24-19)16-6-4-3-5-7-16/h3-7,14,17-18,22H,8-13,15H2,1-2H3,(H,23,26)/t17-,18+/m1/s1. The zero-order valence-corrected chi connectivity index (χ0v) is 16.3. The van der Waals surface area contributed by atoms with Crippen LogP contribution in [0.3, 0.4) is 0 Å². The van der Waals surface area contributed by atoms with Gasteiger partial charge in [-0.2, -0.15) is 0 Å². The van der Waals surface area contributed by atoms with E-state index in [4.69, 9.17) is 4.52 Å². The fraction of sp³-hybridized carbons (Fsp3) is 0.524. The molecule has 1 amide bonds. The second-order valence-electron chi connectivity index (χ2n) is 7.62. The number of piperidine rings is 1. The fourth-order valence-corrected chi connectivity index (χ4v) is 3.63. The van der Waals surface area contributed by atoms with E-state index >= 15 is 0 Å². The second-order valence-corrected chi connectivity index (χ2v) is 7.62. The molecule has 2 aromatic rings. The number of carbonyl (C=O) groups is 1. The number of likely N-dealkylation sites (N-methyl/N-ethyl adjacent to an activating group) is 1. The molecule has 0 spiro atoms. The summed E-state index contributed by atoms with van der Waals surface area (Å²) in [4.78, 5) is 14.4. The number of hydrogen-bond acceptors (Lipinski definition) is 5. The lowest BCUT2D eigenvalue weighted by atomic mass is 9.81. The fourth-order valence-electron chi connectivity index (χ4n) is 3.63. The van der Waals surface area contributed by atoms with Gasteiger partial charge in [0.15, 0.2) is 5.76 Å². The highest BCUT2D eigenvalue weighted by atomic mass is 16.5. The molecule has 1 aromatic carbocycles. The van der Waals surface area contributed by atoms with E-state index < -0.39 is 0 Å². The highest BCUT2D eigenvalue weighted by Gasteiger charge is 2.28. The van der Waals surface area contributed by atoms with E-state index in [1.54, 1.807) is 0 Å². The first-order valence-electron chi connectivity index (χ1n) is 9.75. The Morgan fingerprint density at radius 1 is 1.30 bits per heavy atom. The van der Waals surface area contributed by atoms with Crippen LogP contribution >= 0.6 is 0 Å². The van der Waals surface area contributed by atoms with Crippen LogP contribution in [0.25, 0.3) is 11.3 Å². The highest BCUT2D eigenvalue weighted by molar-refractivity contribution is 5.76. The minimum Gasteiger partial charge on any atom is -0.356 e. The molecule has 0 radical (unpaired) electrons. The average Bonchev–Trinajstić information content (AvgIpc) is 3.12. The Balaban J connectivity index is 1.56. The van der Waals surface area contributed by atoms with Gasteiger partial charge in [-0.3, -0.25) is 4.79 Å². The van der Waals surface area contributed by atoms with E-state index in [0.29, 0.717) is 24.8 Å². The van der Waals surface area contributed by atoms with Crippen LogP contribution < -0.4 is 10.6 Å². The van der Waals surface area contributed by atoms with Crippen molar-refractivity contribution in [1.29, 1.82) is 0 Å². The molecule has 1 aliphatic heterocycles. The van der Waals surface area contributed by atoms with Crippen LogP contribution in [0.5, 0.6) is 0 Å². The molecule has 0 saturated carbocycles. The van der Waals surface area contributed by atoms with E-state index in [1.165, 1.54) is 0 Å². The summed E-state index contributed by atoms with van der Waals surface area (Å²) in [5, 5.41) is 10.8. The molecule has 6 heteroatoms. The van der Waals surface area contributed by atoms with Crippen molar-refractivity contribution in [2.24, 2.45) is 11.8 Å². The quantitative estimate of drug-likeness (QED) is 0.745. The first-order valence-corrected chi connectivity index (χ1v) is 9.75. The van der Waals surface area contributed by atoms with E-state index in [2.05, 4.69) is 20.7 Å². The number of carbonyl (C=O) groups excluding carboxylic acids is 1. The van der Waals surface area contributed by atoms with Gasteiger partial charge >= 0.3 is 0 Å². The molecule has 0 unspecified atom stereocenters. The molecule has 146 valence electrons. The van der Waals surface area contributed by atoms with Crippen LogP contribution in [0.2, 0.25) is 0 Å². The molecule has 1 fully saturated rings. The second kappa shape index (κ2) is 9.67. The number of benzene rings is 1. The zero-order valence-electron chi connectivity index (χ0n) is 16.3. The van der Waals surface area contributed by atoms with Crippen LogP contribution in [-0.2, 0) is 11.2 Å². The van der Waals surface area contributed by atoms with Gasteiger partial charge in [0, 0.05) is 31.1 Å². The Bertz CT molecular complexity index is 714. The number of amides is 1. The predicted octanol–water partition coefficient (Wildman–Crippen LogP) is 2.18. The maximum absolute atomic E-state index is 12.3. The van der Waals surface area contributed by atoms with Gasteiger partial charge < -0.3 is 20.1 Å². The Morgan fingerprint density at radius 2 is 2.11 bits per heavy atom. The molecule has 2 N–H and O–H groups in total. The van der Waals surface area contributed by atoms with Crippen LogP contribution in [0, 0.1) is 11.8 Å². The number of aromatic nitrogens is 1. The molecule has 6 nitrogen and oxygen atoms in total. The van der Waals surface area contributed by atoms with Crippen LogP contribution in [-0.4, -0.2) is 56.2 Å². The largest absolute Gasteiger partial charge is 0.356 e. The van der Waals surface area contributed by atoms with E-state index in [0.717, 1.165) is 49.5 Å². The van der Waals surface area contributed by atoms with Crippen molar-refractivity contribution < 1.29 is 9.32 Å². The lowest BCUT2D eigenvalue weighted by Gasteiger charge is -2.31. The molecular weight excluding hydrogens is 340 g/mol. The monoisotopic (exact) mass is 370 g/mol. The van der Waals surface area contributed by atoms with E-state index in [1.807, 2.05) is 50.5 Å². The van der Waals surface area contributed by atoms with Gasteiger partial charge in [0.25, 0.3) is 0 Å². The van der Waals surface area contributed by atoms with Gasteiger partial charge in [0.05, 0.1) is 5.69 Å². The first kappa shape index (κ1) is 19.6. The van der Waals surface area contributed by atoms with Crippen LogP contribution in [0.1, 0.15) is 18.5 Å². The summed E-state index contributed by atoms with van der Waals surface area (Å²) < 4.78 is 5.53. The molecular formula is C21H30N4O2. The van der Waals surface area contributed by atoms with Crippen molar-refractivity contribution in [2.45, 2.75) is 19.3 Å². The van der Waals surface area contributed by atoms with Crippen molar-refractivity contribution >= 4 is 5.91 Å². The summed E-state index contributed by atoms with van der Waals surface area (Å²) in [6, 6.07) is 12.0. The smallest absolute Gasteiger partial charge is 0.220 e. The van der Waals surface area contributed by atoms with Crippen molar-refractivity contribution in [2.75, 3.05) is 40.3 Å². The third kappa shape index (κ3) is 5.91. The van der Waals surface area contributed by atoms with E-state index in [9.17, 15) is 4.79 Å². The molecule has 1 aliphatic rings. The molecule has 1 aromatic heterocycles. The normalized spacial score (nSPS) is 20.0. The van der Waals surface area contributed by atoms with Crippen molar-refractivity contribution in [3.63, 3.8) is 0 Å². The van der Waals surface area contributed by atoms with Crippen LogP contribution in [0.4, 0.5) is 0 Å². The van der Waals surface area contributed by atoms with Gasteiger partial charge in [0.2, 0.25) is 5.91 Å². The van der Waals surface area contributed by atoms with Crippen molar-refractivity contribution in [3.8, 4) is 11.3 Å². The number of hydrogen-bond donors (Lipinski definition) is 2. The van der Waals surface area contributed by atoms with Crippen molar-refractivity contribution in [3.05, 3.63) is 42.1 Å². The molecule has 1 saturated heterocycles. The van der Waals surface area contributed by atoms with Crippen LogP contribution in [0.15, 0.2) is 40.9 Å². The van der Waals surface area contributed by atoms with Gasteiger partial charge in [-0.1, -0.05) is 35.5 Å². The molecule has 2 heterocycles. The maximum Gasteiger partial charge on any atom is 0.220 e. The summed E-state index contributed by atoms with van der Waals surface area (Å²) in [6.07, 6.45) is 2.44. The lowest BCUT2D eigenvalue weighted by molar-refractivity contribution is -0.122. The SMILES string of the molecule is CN(C)CCNC(=O)C[C@H]1CCNC[C@@H]1Cc1cc(-c2ccccc2)on1. The third-order valence-corrected chi connectivity index (χ3v) is 5.18. The van der Waals surface area contributed by atoms with Crippen molar-refractivity contribution in [1.82, 2.24) is 20.7 Å². The molecule has 0 bridgehead atoms. The van der Waals surface area contributed by atoms with Gasteiger partial charge in [-0.15, -0.1) is 0 Å². The zero-order chi connectivity index (χ0) is 19.1. The minimum atomic E-state index is 0.152. The predicted molar refractivity (Wildman–Crippen MR) is 106 cm³/mol. The number of nitrogens with zero attached hydrogens (tertiary/aromatic N) is 2. The number of nitrogens with one attached hydrogen (secondary N) is 2. The summed E-state index contributed by atoms with van der Waals surface area (Å²) in [6.45, 7) is 3.46. The van der Waals surface area contributed by atoms with E-state index in [-0.39, 0.29) is 5.91 Å². The average molecular weight is 370 g/mol. The summed E-state index contributed by atoms with van der Waals surface area (Å²) >= 11 is 0. The Kier molecular flexibility index (Phi) is 7.01. The first-order chi connectivity index (χ1) is 13.1. The summed E-state index contributed by atoms with van der Waals surface area (Å²) in [5.41, 5.74) is 2.00. The maximum atomic E-state index is 12.3. The summed E-state index contributed by atoms with van der Waals surface area (Å²) in [5.74, 6) is 1.72. The lowest BCUT2D eigenvalue weighted by Crippen LogP contribution is -2.41. The molecule has 27 heavy (non-hydrogen) atoms. The van der Waals surface area contributed by atoms with Gasteiger partial charge in [-0.25, -0.2) is 0 Å². The molecule has 0 aliphatic carbocycles. The molecule has 2 atom stereocenters. The Labute approximate surface area is 161 Å². The van der Waals surface area contributed by atoms with Gasteiger partial charge in [0.1, 0.15) is 0 Å². The molecule has 3 rings (SSSR count).